The molecule has 1 nitrogen and oxygen atoms in total. The van der Waals surface area contributed by atoms with Gasteiger partial charge in [-0.1, -0.05) is 6.07 Å². The number of rotatable bonds is 2. The molecule has 0 radical (unpaired) electrons. The van der Waals surface area contributed by atoms with Gasteiger partial charge in [0.1, 0.15) is 17.4 Å². The molecule has 2 rings (SSSR count). The summed E-state index contributed by atoms with van der Waals surface area (Å²) in [6.45, 7) is 1.31. The number of benzene rings is 2. The maximum absolute atomic E-state index is 13.6. The van der Waals surface area contributed by atoms with Crippen molar-refractivity contribution in [2.75, 3.05) is 0 Å². The smallest absolute Gasteiger partial charge is 0.171 e. The first kappa shape index (κ1) is 11.5. The van der Waals surface area contributed by atoms with Gasteiger partial charge in [-0.25, -0.2) is 13.2 Å². The molecule has 0 heterocycles. The molecule has 0 unspecified atom stereocenters. The molecule has 0 saturated heterocycles. The second-order valence-corrected chi connectivity index (χ2v) is 3.54. The van der Waals surface area contributed by atoms with E-state index in [9.17, 15) is 13.2 Å². The average Bonchev–Trinajstić information content (AvgIpc) is 2.30. The SMILES string of the molecule is Cc1c(F)ccc(Oc2cccc(F)c2)c1F. The molecule has 0 bridgehead atoms. The van der Waals surface area contributed by atoms with E-state index in [4.69, 9.17) is 4.74 Å². The van der Waals surface area contributed by atoms with Crippen LogP contribution in [0, 0.1) is 24.4 Å². The van der Waals surface area contributed by atoms with Crippen molar-refractivity contribution in [3.63, 3.8) is 0 Å². The highest BCUT2D eigenvalue weighted by molar-refractivity contribution is 5.36. The van der Waals surface area contributed by atoms with Crippen LogP contribution in [0.15, 0.2) is 36.4 Å². The van der Waals surface area contributed by atoms with Crippen molar-refractivity contribution in [2.24, 2.45) is 0 Å². The minimum Gasteiger partial charge on any atom is -0.454 e. The highest BCUT2D eigenvalue weighted by Gasteiger charge is 2.11. The molecule has 0 aromatic heterocycles. The van der Waals surface area contributed by atoms with E-state index in [2.05, 4.69) is 0 Å². The lowest BCUT2D eigenvalue weighted by molar-refractivity contribution is 0.431. The van der Waals surface area contributed by atoms with Gasteiger partial charge in [-0.2, -0.15) is 0 Å². The molecule has 0 spiro atoms. The Balaban J connectivity index is 2.34. The van der Waals surface area contributed by atoms with Crippen LogP contribution in [0.25, 0.3) is 0 Å². The van der Waals surface area contributed by atoms with Gasteiger partial charge in [0.2, 0.25) is 0 Å². The van der Waals surface area contributed by atoms with Gasteiger partial charge in [-0.3, -0.25) is 0 Å². The lowest BCUT2D eigenvalue weighted by atomic mass is 10.2. The zero-order valence-corrected chi connectivity index (χ0v) is 9.01. The Morgan fingerprint density at radius 3 is 2.47 bits per heavy atom. The third-order valence-electron chi connectivity index (χ3n) is 2.31. The van der Waals surface area contributed by atoms with Crippen LogP contribution in [0.5, 0.6) is 11.5 Å². The first-order chi connectivity index (χ1) is 8.08. The number of hydrogen-bond acceptors (Lipinski definition) is 1. The summed E-state index contributed by atoms with van der Waals surface area (Å²) >= 11 is 0. The van der Waals surface area contributed by atoms with Crippen LogP contribution < -0.4 is 4.74 Å². The second-order valence-electron chi connectivity index (χ2n) is 3.54. The zero-order chi connectivity index (χ0) is 12.4. The van der Waals surface area contributed by atoms with Crippen LogP contribution in [0.1, 0.15) is 5.56 Å². The first-order valence-corrected chi connectivity index (χ1v) is 4.96. The van der Waals surface area contributed by atoms with E-state index in [1.165, 1.54) is 31.2 Å². The number of hydrogen-bond donors (Lipinski definition) is 0. The Morgan fingerprint density at radius 2 is 1.76 bits per heavy atom. The van der Waals surface area contributed by atoms with Gasteiger partial charge in [0.15, 0.2) is 11.6 Å². The molecule has 2 aromatic rings. The van der Waals surface area contributed by atoms with Gasteiger partial charge < -0.3 is 4.74 Å². The maximum atomic E-state index is 13.6. The molecule has 0 aliphatic heterocycles. The van der Waals surface area contributed by atoms with Crippen LogP contribution in [-0.2, 0) is 0 Å². The summed E-state index contributed by atoms with van der Waals surface area (Å²) < 4.78 is 44.6. The van der Waals surface area contributed by atoms with E-state index in [0.717, 1.165) is 12.1 Å². The summed E-state index contributed by atoms with van der Waals surface area (Å²) in [5, 5.41) is 0. The molecule has 2 aromatic carbocycles. The standard InChI is InChI=1S/C13H9F3O/c1-8-11(15)5-6-12(13(8)16)17-10-4-2-3-9(14)7-10/h2-7H,1H3. The molecular weight excluding hydrogens is 229 g/mol. The molecule has 0 aliphatic rings. The molecular formula is C13H9F3O. The molecule has 0 saturated carbocycles. The second kappa shape index (κ2) is 4.49. The van der Waals surface area contributed by atoms with Crippen molar-refractivity contribution >= 4 is 0 Å². The topological polar surface area (TPSA) is 9.23 Å². The minimum absolute atomic E-state index is 0.126. The molecule has 88 valence electrons. The highest BCUT2D eigenvalue weighted by Crippen LogP contribution is 2.27. The summed E-state index contributed by atoms with van der Waals surface area (Å²) in [4.78, 5) is 0. The predicted octanol–water partition coefficient (Wildman–Crippen LogP) is 4.20. The van der Waals surface area contributed by atoms with Crippen LogP contribution in [0.3, 0.4) is 0 Å². The van der Waals surface area contributed by atoms with Crippen molar-refractivity contribution in [1.82, 2.24) is 0 Å². The van der Waals surface area contributed by atoms with Crippen LogP contribution in [-0.4, -0.2) is 0 Å². The van der Waals surface area contributed by atoms with Crippen molar-refractivity contribution in [3.05, 3.63) is 59.4 Å². The number of halogens is 3. The van der Waals surface area contributed by atoms with E-state index >= 15 is 0 Å². The Bertz CT molecular complexity index is 552. The molecule has 0 N–H and O–H groups in total. The fourth-order valence-corrected chi connectivity index (χ4v) is 1.37. The molecule has 17 heavy (non-hydrogen) atoms. The van der Waals surface area contributed by atoms with Gasteiger partial charge in [0, 0.05) is 11.6 Å². The molecule has 0 fully saturated rings. The average molecular weight is 238 g/mol. The molecule has 4 heteroatoms. The normalized spacial score (nSPS) is 10.4. The van der Waals surface area contributed by atoms with E-state index in [0.29, 0.717) is 0 Å². The van der Waals surface area contributed by atoms with Crippen LogP contribution in [0.2, 0.25) is 0 Å². The highest BCUT2D eigenvalue weighted by atomic mass is 19.1. The lowest BCUT2D eigenvalue weighted by Gasteiger charge is -2.08. The maximum Gasteiger partial charge on any atom is 0.171 e. The van der Waals surface area contributed by atoms with Gasteiger partial charge in [-0.15, -0.1) is 0 Å². The largest absolute Gasteiger partial charge is 0.454 e. The quantitative estimate of drug-likeness (QED) is 0.761. The number of ether oxygens (including phenoxy) is 1. The molecule has 0 aliphatic carbocycles. The summed E-state index contributed by atoms with van der Waals surface area (Å²) in [6, 6.07) is 7.58. The van der Waals surface area contributed by atoms with E-state index in [1.54, 1.807) is 0 Å². The Hall–Kier alpha value is -1.97. The minimum atomic E-state index is -0.783. The summed E-state index contributed by atoms with van der Waals surface area (Å²) in [5.74, 6) is -1.88. The zero-order valence-electron chi connectivity index (χ0n) is 9.01. The van der Waals surface area contributed by atoms with Crippen molar-refractivity contribution < 1.29 is 17.9 Å². The third kappa shape index (κ3) is 2.41. The first-order valence-electron chi connectivity index (χ1n) is 4.96. The van der Waals surface area contributed by atoms with Crippen LogP contribution >= 0.6 is 0 Å². The molecule has 0 amide bonds. The summed E-state index contributed by atoms with van der Waals surface area (Å²) in [5.41, 5.74) is -0.126. The fraction of sp³-hybridized carbons (Fsp3) is 0.0769. The Kier molecular flexibility index (Phi) is 3.04. The fourth-order valence-electron chi connectivity index (χ4n) is 1.37. The molecule has 0 atom stereocenters. The van der Waals surface area contributed by atoms with Gasteiger partial charge in [0.05, 0.1) is 0 Å². The predicted molar refractivity (Wildman–Crippen MR) is 57.6 cm³/mol. The Labute approximate surface area is 96.5 Å². The van der Waals surface area contributed by atoms with Gasteiger partial charge >= 0.3 is 0 Å². The lowest BCUT2D eigenvalue weighted by Crippen LogP contribution is -1.94. The van der Waals surface area contributed by atoms with Crippen LogP contribution in [0.4, 0.5) is 13.2 Å². The van der Waals surface area contributed by atoms with Crippen molar-refractivity contribution in [1.29, 1.82) is 0 Å². The van der Waals surface area contributed by atoms with Crippen molar-refractivity contribution in [2.45, 2.75) is 6.92 Å². The van der Waals surface area contributed by atoms with E-state index in [-0.39, 0.29) is 17.1 Å². The van der Waals surface area contributed by atoms with Gasteiger partial charge in [0.25, 0.3) is 0 Å². The van der Waals surface area contributed by atoms with E-state index in [1.807, 2.05) is 0 Å². The van der Waals surface area contributed by atoms with Crippen molar-refractivity contribution in [3.8, 4) is 11.5 Å². The third-order valence-corrected chi connectivity index (χ3v) is 2.31. The summed E-state index contributed by atoms with van der Waals surface area (Å²) in [6.07, 6.45) is 0. The van der Waals surface area contributed by atoms with Gasteiger partial charge in [-0.05, 0) is 31.2 Å². The summed E-state index contributed by atoms with van der Waals surface area (Å²) in [7, 11) is 0. The monoisotopic (exact) mass is 238 g/mol. The van der Waals surface area contributed by atoms with E-state index < -0.39 is 17.5 Å². The Morgan fingerprint density at radius 1 is 1.00 bits per heavy atom.